The second kappa shape index (κ2) is 6.37. The number of aryl methyl sites for hydroxylation is 1. The van der Waals surface area contributed by atoms with E-state index in [1.165, 1.54) is 6.33 Å². The fourth-order valence-electron chi connectivity index (χ4n) is 1.60. The number of carbonyl (C=O) groups is 1. The van der Waals surface area contributed by atoms with Crippen LogP contribution in [0.1, 0.15) is 32.5 Å². The van der Waals surface area contributed by atoms with Crippen molar-refractivity contribution in [2.75, 3.05) is 6.54 Å². The molecule has 90 valence electrons. The van der Waals surface area contributed by atoms with Crippen LogP contribution in [0.4, 0.5) is 0 Å². The molecule has 1 rings (SSSR count). The molecule has 0 aliphatic heterocycles. The van der Waals surface area contributed by atoms with Gasteiger partial charge in [-0.3, -0.25) is 4.79 Å². The van der Waals surface area contributed by atoms with Crippen LogP contribution in [0.3, 0.4) is 0 Å². The van der Waals surface area contributed by atoms with Gasteiger partial charge in [-0.2, -0.15) is 5.10 Å². The van der Waals surface area contributed by atoms with E-state index in [-0.39, 0.29) is 11.7 Å². The molecule has 1 atom stereocenters. The third-order valence-corrected chi connectivity index (χ3v) is 2.72. The van der Waals surface area contributed by atoms with E-state index >= 15 is 0 Å². The van der Waals surface area contributed by atoms with Crippen molar-refractivity contribution in [3.05, 3.63) is 12.2 Å². The lowest BCUT2D eigenvalue weighted by atomic mass is 9.98. The molecular formula is C11H20N4O. The molecule has 2 N–H and O–H groups in total. The first-order valence-electron chi connectivity index (χ1n) is 5.78. The number of hydrogen-bond donors (Lipinski definition) is 1. The van der Waals surface area contributed by atoms with E-state index in [4.69, 9.17) is 5.73 Å². The minimum Gasteiger partial charge on any atom is -0.330 e. The fourth-order valence-corrected chi connectivity index (χ4v) is 1.60. The Balaban J connectivity index is 2.50. The molecule has 1 heterocycles. The zero-order valence-corrected chi connectivity index (χ0v) is 10.0. The van der Waals surface area contributed by atoms with Crippen LogP contribution in [0.2, 0.25) is 0 Å². The lowest BCUT2D eigenvalue weighted by Gasteiger charge is -2.09. The first-order chi connectivity index (χ1) is 7.69. The Hall–Kier alpha value is -1.23. The highest BCUT2D eigenvalue weighted by molar-refractivity contribution is 5.82. The van der Waals surface area contributed by atoms with Crippen LogP contribution >= 0.6 is 0 Å². The van der Waals surface area contributed by atoms with Gasteiger partial charge in [0, 0.05) is 12.5 Å². The molecule has 0 amide bonds. The standard InChI is InChI=1S/C11H20N4O/c1-3-15-11(13-8-14-15)7-10(16)9(2)5-4-6-12/h8-9H,3-7,12H2,1-2H3. The molecule has 5 heteroatoms. The number of aromatic nitrogens is 3. The normalized spacial score (nSPS) is 12.7. The SMILES string of the molecule is CCn1ncnc1CC(=O)C(C)CCCN. The maximum Gasteiger partial charge on any atom is 0.143 e. The molecule has 1 unspecified atom stereocenters. The quantitative estimate of drug-likeness (QED) is 0.743. The highest BCUT2D eigenvalue weighted by Gasteiger charge is 2.15. The molecule has 0 saturated heterocycles. The average Bonchev–Trinajstić information content (AvgIpc) is 2.72. The van der Waals surface area contributed by atoms with Crippen LogP contribution in [0.25, 0.3) is 0 Å². The van der Waals surface area contributed by atoms with Gasteiger partial charge in [-0.25, -0.2) is 9.67 Å². The van der Waals surface area contributed by atoms with Gasteiger partial charge in [0.05, 0.1) is 6.42 Å². The molecule has 0 spiro atoms. The summed E-state index contributed by atoms with van der Waals surface area (Å²) in [6, 6.07) is 0. The number of carbonyl (C=O) groups excluding carboxylic acids is 1. The van der Waals surface area contributed by atoms with E-state index in [1.807, 2.05) is 13.8 Å². The zero-order valence-electron chi connectivity index (χ0n) is 10.0. The first-order valence-corrected chi connectivity index (χ1v) is 5.78. The van der Waals surface area contributed by atoms with Crippen LogP contribution in [-0.2, 0) is 17.8 Å². The third kappa shape index (κ3) is 3.41. The smallest absolute Gasteiger partial charge is 0.143 e. The molecular weight excluding hydrogens is 204 g/mol. The van der Waals surface area contributed by atoms with Crippen molar-refractivity contribution in [3.8, 4) is 0 Å². The molecule has 16 heavy (non-hydrogen) atoms. The monoisotopic (exact) mass is 224 g/mol. The molecule has 1 aromatic heterocycles. The third-order valence-electron chi connectivity index (χ3n) is 2.72. The van der Waals surface area contributed by atoms with E-state index in [9.17, 15) is 4.79 Å². The van der Waals surface area contributed by atoms with Crippen LogP contribution in [-0.4, -0.2) is 27.1 Å². The fraction of sp³-hybridized carbons (Fsp3) is 0.727. The van der Waals surface area contributed by atoms with Gasteiger partial charge < -0.3 is 5.73 Å². The molecule has 0 aliphatic carbocycles. The van der Waals surface area contributed by atoms with Crippen molar-refractivity contribution in [1.29, 1.82) is 0 Å². The Morgan fingerprint density at radius 3 is 3.00 bits per heavy atom. The van der Waals surface area contributed by atoms with Gasteiger partial charge in [0.15, 0.2) is 0 Å². The van der Waals surface area contributed by atoms with Crippen molar-refractivity contribution in [1.82, 2.24) is 14.8 Å². The van der Waals surface area contributed by atoms with Gasteiger partial charge >= 0.3 is 0 Å². The van der Waals surface area contributed by atoms with Gasteiger partial charge in [0.25, 0.3) is 0 Å². The summed E-state index contributed by atoms with van der Waals surface area (Å²) in [5, 5.41) is 4.04. The van der Waals surface area contributed by atoms with Crippen LogP contribution < -0.4 is 5.73 Å². The molecule has 0 bridgehead atoms. The Labute approximate surface area is 96.0 Å². The summed E-state index contributed by atoms with van der Waals surface area (Å²) >= 11 is 0. The Bertz CT molecular complexity index is 334. The minimum atomic E-state index is 0.0607. The van der Waals surface area contributed by atoms with Gasteiger partial charge in [0.1, 0.15) is 17.9 Å². The van der Waals surface area contributed by atoms with Crippen molar-refractivity contribution < 1.29 is 4.79 Å². The number of rotatable bonds is 7. The van der Waals surface area contributed by atoms with Crippen molar-refractivity contribution in [2.24, 2.45) is 11.7 Å². The molecule has 0 aliphatic rings. The maximum absolute atomic E-state index is 11.9. The summed E-state index contributed by atoms with van der Waals surface area (Å²) in [6.07, 6.45) is 3.62. The number of Topliss-reactive ketones (excluding diaryl/α,β-unsaturated/α-hetero) is 1. The van der Waals surface area contributed by atoms with Gasteiger partial charge in [-0.15, -0.1) is 0 Å². The van der Waals surface area contributed by atoms with Crippen LogP contribution in [0.5, 0.6) is 0 Å². The Morgan fingerprint density at radius 2 is 2.38 bits per heavy atom. The molecule has 0 radical (unpaired) electrons. The predicted molar refractivity (Wildman–Crippen MR) is 61.9 cm³/mol. The predicted octanol–water partition coefficient (Wildman–Crippen LogP) is 0.785. The number of hydrogen-bond acceptors (Lipinski definition) is 4. The topological polar surface area (TPSA) is 73.8 Å². The number of ketones is 1. The maximum atomic E-state index is 11.9. The van der Waals surface area contributed by atoms with Gasteiger partial charge in [0.2, 0.25) is 0 Å². The number of nitrogens with two attached hydrogens (primary N) is 1. The van der Waals surface area contributed by atoms with Crippen molar-refractivity contribution in [2.45, 2.75) is 39.7 Å². The summed E-state index contributed by atoms with van der Waals surface area (Å²) < 4.78 is 1.76. The van der Waals surface area contributed by atoms with Gasteiger partial charge in [-0.1, -0.05) is 6.92 Å². The van der Waals surface area contributed by atoms with Crippen LogP contribution in [0.15, 0.2) is 6.33 Å². The van der Waals surface area contributed by atoms with E-state index in [0.29, 0.717) is 13.0 Å². The Kier molecular flexibility index (Phi) is 5.11. The van der Waals surface area contributed by atoms with E-state index in [1.54, 1.807) is 4.68 Å². The molecule has 1 aromatic rings. The molecule has 5 nitrogen and oxygen atoms in total. The molecule has 0 fully saturated rings. The summed E-state index contributed by atoms with van der Waals surface area (Å²) in [5.41, 5.74) is 5.42. The largest absolute Gasteiger partial charge is 0.330 e. The highest BCUT2D eigenvalue weighted by Crippen LogP contribution is 2.09. The van der Waals surface area contributed by atoms with Crippen molar-refractivity contribution in [3.63, 3.8) is 0 Å². The molecule has 0 aromatic carbocycles. The summed E-state index contributed by atoms with van der Waals surface area (Å²) in [7, 11) is 0. The van der Waals surface area contributed by atoms with E-state index in [2.05, 4.69) is 10.1 Å². The van der Waals surface area contributed by atoms with Crippen LogP contribution in [0, 0.1) is 5.92 Å². The van der Waals surface area contributed by atoms with E-state index < -0.39 is 0 Å². The zero-order chi connectivity index (χ0) is 12.0. The molecule has 0 saturated carbocycles. The van der Waals surface area contributed by atoms with Gasteiger partial charge in [-0.05, 0) is 26.3 Å². The number of nitrogens with zero attached hydrogens (tertiary/aromatic N) is 3. The highest BCUT2D eigenvalue weighted by atomic mass is 16.1. The second-order valence-electron chi connectivity index (χ2n) is 3.97. The minimum absolute atomic E-state index is 0.0607. The van der Waals surface area contributed by atoms with Crippen molar-refractivity contribution >= 4 is 5.78 Å². The Morgan fingerprint density at radius 1 is 1.62 bits per heavy atom. The lowest BCUT2D eigenvalue weighted by molar-refractivity contribution is -0.122. The van der Waals surface area contributed by atoms with E-state index in [0.717, 1.165) is 25.2 Å². The summed E-state index contributed by atoms with van der Waals surface area (Å²) in [6.45, 7) is 5.33. The second-order valence-corrected chi connectivity index (χ2v) is 3.97. The summed E-state index contributed by atoms with van der Waals surface area (Å²) in [5.74, 6) is 1.04. The first kappa shape index (κ1) is 12.8. The summed E-state index contributed by atoms with van der Waals surface area (Å²) in [4.78, 5) is 16.0. The lowest BCUT2D eigenvalue weighted by Crippen LogP contribution is -2.18. The average molecular weight is 224 g/mol.